The largest absolute Gasteiger partial charge is 0.383 e. The molecule has 9 nitrogen and oxygen atoms in total. The number of anilines is 1. The van der Waals surface area contributed by atoms with Gasteiger partial charge in [-0.25, -0.2) is 8.42 Å². The Kier molecular flexibility index (Phi) is 6.74. The fourth-order valence-electron chi connectivity index (χ4n) is 4.08. The molecule has 0 unspecified atom stereocenters. The van der Waals surface area contributed by atoms with Crippen LogP contribution in [0.25, 0.3) is 0 Å². The van der Waals surface area contributed by atoms with Crippen LogP contribution in [-0.2, 0) is 14.8 Å². The fraction of sp³-hybridized carbons (Fsp3) is 0.632. The molecule has 0 aromatic heterocycles. The maximum absolute atomic E-state index is 13.0. The van der Waals surface area contributed by atoms with Gasteiger partial charge in [-0.05, 0) is 37.8 Å². The van der Waals surface area contributed by atoms with Crippen molar-refractivity contribution in [3.05, 3.63) is 28.3 Å². The number of hydrogen-bond donors (Lipinski definition) is 1. The van der Waals surface area contributed by atoms with Crippen LogP contribution in [0.5, 0.6) is 0 Å². The molecule has 1 aromatic carbocycles. The summed E-state index contributed by atoms with van der Waals surface area (Å²) in [6.45, 7) is 2.07. The lowest BCUT2D eigenvalue weighted by Crippen LogP contribution is -2.44. The molecule has 0 aliphatic carbocycles. The van der Waals surface area contributed by atoms with Gasteiger partial charge in [0, 0.05) is 45.2 Å². The summed E-state index contributed by atoms with van der Waals surface area (Å²) in [4.78, 5) is 25.3. The number of likely N-dealkylation sites (tertiary alicyclic amines) is 1. The third-order valence-corrected chi connectivity index (χ3v) is 7.69. The molecule has 2 heterocycles. The molecule has 0 atom stereocenters. The van der Waals surface area contributed by atoms with E-state index < -0.39 is 14.9 Å². The number of nitrogens with one attached hydrogen (secondary N) is 1. The first-order valence-electron chi connectivity index (χ1n) is 10.1. The zero-order valence-electron chi connectivity index (χ0n) is 16.7. The van der Waals surface area contributed by atoms with E-state index in [0.717, 1.165) is 44.8 Å². The fourth-order valence-corrected chi connectivity index (χ4v) is 5.57. The van der Waals surface area contributed by atoms with E-state index in [9.17, 15) is 23.3 Å². The number of carbonyl (C=O) groups is 1. The second kappa shape index (κ2) is 9.08. The summed E-state index contributed by atoms with van der Waals surface area (Å²) in [6, 6.07) is 3.87. The molecule has 0 saturated carbocycles. The van der Waals surface area contributed by atoms with Crippen LogP contribution in [0.15, 0.2) is 23.1 Å². The summed E-state index contributed by atoms with van der Waals surface area (Å²) >= 11 is 0. The lowest BCUT2D eigenvalue weighted by Gasteiger charge is -2.33. The third-order valence-electron chi connectivity index (χ3n) is 5.79. The topological polar surface area (TPSA) is 113 Å². The first-order valence-corrected chi connectivity index (χ1v) is 11.5. The van der Waals surface area contributed by atoms with Gasteiger partial charge in [0.2, 0.25) is 15.9 Å². The zero-order valence-corrected chi connectivity index (χ0v) is 17.5. The number of benzene rings is 1. The lowest BCUT2D eigenvalue weighted by atomic mass is 9.96. The van der Waals surface area contributed by atoms with Gasteiger partial charge in [-0.3, -0.25) is 14.9 Å². The Morgan fingerprint density at radius 2 is 1.72 bits per heavy atom. The smallest absolute Gasteiger partial charge is 0.293 e. The number of rotatable bonds is 5. The molecule has 10 heteroatoms. The van der Waals surface area contributed by atoms with Gasteiger partial charge in [0.15, 0.2) is 0 Å². The molecule has 2 aliphatic rings. The molecule has 1 amide bonds. The van der Waals surface area contributed by atoms with Crippen LogP contribution in [0, 0.1) is 16.0 Å². The monoisotopic (exact) mass is 424 g/mol. The van der Waals surface area contributed by atoms with Gasteiger partial charge in [-0.2, -0.15) is 4.31 Å². The van der Waals surface area contributed by atoms with Gasteiger partial charge in [0.25, 0.3) is 5.69 Å². The highest BCUT2D eigenvalue weighted by Gasteiger charge is 2.34. The molecule has 2 fully saturated rings. The van der Waals surface area contributed by atoms with Gasteiger partial charge < -0.3 is 10.2 Å². The summed E-state index contributed by atoms with van der Waals surface area (Å²) < 4.78 is 27.3. The van der Waals surface area contributed by atoms with Crippen LogP contribution in [0.1, 0.15) is 38.5 Å². The van der Waals surface area contributed by atoms with E-state index in [0.29, 0.717) is 12.8 Å². The first kappa shape index (κ1) is 21.5. The van der Waals surface area contributed by atoms with Crippen molar-refractivity contribution >= 4 is 27.3 Å². The number of amides is 1. The Hall–Kier alpha value is -2.20. The van der Waals surface area contributed by atoms with Gasteiger partial charge in [-0.1, -0.05) is 12.8 Å². The molecule has 0 bridgehead atoms. The van der Waals surface area contributed by atoms with E-state index in [1.807, 2.05) is 4.90 Å². The maximum atomic E-state index is 13.0. The van der Waals surface area contributed by atoms with Crippen LogP contribution in [0.4, 0.5) is 11.4 Å². The van der Waals surface area contributed by atoms with E-state index in [1.165, 1.54) is 16.4 Å². The highest BCUT2D eigenvalue weighted by molar-refractivity contribution is 7.89. The average Bonchev–Trinajstić information content (AvgIpc) is 3.02. The van der Waals surface area contributed by atoms with Crippen molar-refractivity contribution in [1.29, 1.82) is 0 Å². The highest BCUT2D eigenvalue weighted by Crippen LogP contribution is 2.31. The predicted octanol–water partition coefficient (Wildman–Crippen LogP) is 2.44. The number of piperidine rings is 1. The Morgan fingerprint density at radius 1 is 1.10 bits per heavy atom. The molecular formula is C19H28N4O5S. The van der Waals surface area contributed by atoms with E-state index in [2.05, 4.69) is 5.32 Å². The summed E-state index contributed by atoms with van der Waals surface area (Å²) in [7, 11) is -2.30. The molecule has 160 valence electrons. The summed E-state index contributed by atoms with van der Waals surface area (Å²) in [5, 5.41) is 13.9. The minimum absolute atomic E-state index is 0.0968. The molecule has 1 aromatic rings. The number of nitro benzene ring substituents is 1. The molecule has 2 saturated heterocycles. The second-order valence-electron chi connectivity index (χ2n) is 7.60. The normalized spacial score (nSPS) is 19.6. The second-order valence-corrected chi connectivity index (χ2v) is 9.54. The van der Waals surface area contributed by atoms with E-state index in [4.69, 9.17) is 0 Å². The van der Waals surface area contributed by atoms with Crippen molar-refractivity contribution in [2.24, 2.45) is 5.92 Å². The molecule has 0 spiro atoms. The van der Waals surface area contributed by atoms with Gasteiger partial charge in [0.1, 0.15) is 5.69 Å². The number of sulfonamides is 1. The molecule has 29 heavy (non-hydrogen) atoms. The number of carbonyl (C=O) groups excluding carboxylic acids is 1. The highest BCUT2D eigenvalue weighted by atomic mass is 32.2. The lowest BCUT2D eigenvalue weighted by molar-refractivity contribution is -0.384. The molecular weight excluding hydrogens is 396 g/mol. The average molecular weight is 425 g/mol. The summed E-state index contributed by atoms with van der Waals surface area (Å²) in [5.41, 5.74) is -0.0180. The predicted molar refractivity (Wildman–Crippen MR) is 109 cm³/mol. The van der Waals surface area contributed by atoms with Crippen molar-refractivity contribution in [1.82, 2.24) is 9.21 Å². The number of hydrogen-bond acceptors (Lipinski definition) is 6. The quantitative estimate of drug-likeness (QED) is 0.574. The standard InChI is InChI=1S/C19H28N4O5S/c1-20-17-7-6-16(14-18(17)23(25)26)29(27,28)22-12-8-15(9-13-22)19(24)21-10-4-2-3-5-11-21/h6-7,14-15,20H,2-5,8-13H2,1H3. The molecule has 0 radical (unpaired) electrons. The maximum Gasteiger partial charge on any atom is 0.293 e. The molecule has 2 aliphatic heterocycles. The van der Waals surface area contributed by atoms with E-state index in [1.54, 1.807) is 7.05 Å². The first-order chi connectivity index (χ1) is 13.8. The third kappa shape index (κ3) is 4.69. The SMILES string of the molecule is CNc1ccc(S(=O)(=O)N2CCC(C(=O)N3CCCCCC3)CC2)cc1[N+](=O)[O-]. The van der Waals surface area contributed by atoms with Crippen molar-refractivity contribution in [2.75, 3.05) is 38.5 Å². The van der Waals surface area contributed by atoms with Crippen LogP contribution in [0.3, 0.4) is 0 Å². The minimum atomic E-state index is -3.85. The molecule has 3 rings (SSSR count). The van der Waals surface area contributed by atoms with Gasteiger partial charge in [0.05, 0.1) is 9.82 Å². The number of nitro groups is 1. The van der Waals surface area contributed by atoms with Gasteiger partial charge in [-0.15, -0.1) is 0 Å². The Bertz CT molecular complexity index is 857. The Morgan fingerprint density at radius 3 is 2.28 bits per heavy atom. The van der Waals surface area contributed by atoms with E-state index >= 15 is 0 Å². The zero-order chi connectivity index (χ0) is 21.0. The van der Waals surface area contributed by atoms with Crippen LogP contribution < -0.4 is 5.32 Å². The van der Waals surface area contributed by atoms with Crippen LogP contribution in [0.2, 0.25) is 0 Å². The van der Waals surface area contributed by atoms with Crippen molar-refractivity contribution < 1.29 is 18.1 Å². The van der Waals surface area contributed by atoms with Crippen LogP contribution >= 0.6 is 0 Å². The summed E-state index contributed by atoms with van der Waals surface area (Å²) in [5.74, 6) is -0.0153. The Balaban J connectivity index is 1.69. The summed E-state index contributed by atoms with van der Waals surface area (Å²) in [6.07, 6.45) is 5.31. The van der Waals surface area contributed by atoms with Crippen molar-refractivity contribution in [3.63, 3.8) is 0 Å². The molecule has 1 N–H and O–H groups in total. The van der Waals surface area contributed by atoms with Crippen molar-refractivity contribution in [2.45, 2.75) is 43.4 Å². The minimum Gasteiger partial charge on any atom is -0.383 e. The van der Waals surface area contributed by atoms with Crippen LogP contribution in [-0.4, -0.2) is 61.7 Å². The Labute approximate surface area is 171 Å². The van der Waals surface area contributed by atoms with E-state index in [-0.39, 0.29) is 41.2 Å². The van der Waals surface area contributed by atoms with Gasteiger partial charge >= 0.3 is 0 Å². The van der Waals surface area contributed by atoms with Crippen molar-refractivity contribution in [3.8, 4) is 0 Å². The number of nitrogens with zero attached hydrogens (tertiary/aromatic N) is 3.